The number of nitrogens with two attached hydrogens (primary N) is 1. The first-order valence-electron chi connectivity index (χ1n) is 4.69. The number of halogens is 1. The van der Waals surface area contributed by atoms with Gasteiger partial charge in [0, 0.05) is 13.1 Å². The Labute approximate surface area is 93.8 Å². The minimum atomic E-state index is 0.128. The van der Waals surface area contributed by atoms with E-state index in [2.05, 4.69) is 27.2 Å². The molecule has 15 heavy (non-hydrogen) atoms. The van der Waals surface area contributed by atoms with Crippen molar-refractivity contribution in [2.24, 2.45) is 5.84 Å². The van der Waals surface area contributed by atoms with Gasteiger partial charge >= 0.3 is 0 Å². The maximum absolute atomic E-state index is 5.74. The summed E-state index contributed by atoms with van der Waals surface area (Å²) in [5, 5.41) is 4.51. The molecule has 84 valence electrons. The van der Waals surface area contributed by atoms with Gasteiger partial charge in [0.1, 0.15) is 0 Å². The number of rotatable bonds is 4. The molecule has 0 fully saturated rings. The van der Waals surface area contributed by atoms with Crippen LogP contribution in [0.1, 0.15) is 20.3 Å². The largest absolute Gasteiger partial charge is 0.352 e. The van der Waals surface area contributed by atoms with Crippen LogP contribution in [-0.4, -0.2) is 28.0 Å². The second-order valence-electron chi connectivity index (χ2n) is 3.29. The number of hydrogen-bond donors (Lipinski definition) is 2. The van der Waals surface area contributed by atoms with E-state index in [1.54, 1.807) is 7.05 Å². The zero-order chi connectivity index (χ0) is 11.4. The van der Waals surface area contributed by atoms with Crippen LogP contribution < -0.4 is 16.2 Å². The van der Waals surface area contributed by atoms with E-state index in [1.807, 2.05) is 6.92 Å². The van der Waals surface area contributed by atoms with E-state index in [-0.39, 0.29) is 11.3 Å². The molecule has 1 unspecified atom stereocenters. The Balaban J connectivity index is 2.88. The summed E-state index contributed by atoms with van der Waals surface area (Å²) in [5.74, 6) is 6.28. The normalized spacial score (nSPS) is 12.3. The number of aromatic nitrogens is 3. The summed E-state index contributed by atoms with van der Waals surface area (Å²) < 4.78 is 0. The van der Waals surface area contributed by atoms with Crippen LogP contribution in [0.5, 0.6) is 0 Å². The monoisotopic (exact) mass is 230 g/mol. The van der Waals surface area contributed by atoms with E-state index in [0.29, 0.717) is 11.9 Å². The van der Waals surface area contributed by atoms with E-state index in [4.69, 9.17) is 17.4 Å². The van der Waals surface area contributed by atoms with Crippen LogP contribution in [-0.2, 0) is 0 Å². The summed E-state index contributed by atoms with van der Waals surface area (Å²) in [6.45, 7) is 4.10. The number of anilines is 2. The van der Waals surface area contributed by atoms with Gasteiger partial charge in [0.2, 0.25) is 17.2 Å². The summed E-state index contributed by atoms with van der Waals surface area (Å²) in [7, 11) is 1.64. The van der Waals surface area contributed by atoms with Crippen molar-refractivity contribution in [3.8, 4) is 0 Å². The molecule has 0 radical (unpaired) electrons. The van der Waals surface area contributed by atoms with Crippen LogP contribution in [0, 0.1) is 0 Å². The number of hydrazine groups is 1. The van der Waals surface area contributed by atoms with Gasteiger partial charge in [-0.05, 0) is 24.9 Å². The van der Waals surface area contributed by atoms with Gasteiger partial charge in [0.15, 0.2) is 0 Å². The van der Waals surface area contributed by atoms with Crippen LogP contribution in [0.3, 0.4) is 0 Å². The average Bonchev–Trinajstić information content (AvgIpc) is 2.16. The maximum atomic E-state index is 5.74. The van der Waals surface area contributed by atoms with Gasteiger partial charge in [-0.25, -0.2) is 5.84 Å². The maximum Gasteiger partial charge on any atom is 0.245 e. The van der Waals surface area contributed by atoms with Crippen LogP contribution >= 0.6 is 11.6 Å². The van der Waals surface area contributed by atoms with Crippen molar-refractivity contribution in [3.63, 3.8) is 0 Å². The summed E-state index contributed by atoms with van der Waals surface area (Å²) in [6, 6.07) is 0.277. The first-order valence-corrected chi connectivity index (χ1v) is 5.07. The fraction of sp³-hybridized carbons (Fsp3) is 0.625. The second-order valence-corrected chi connectivity index (χ2v) is 3.63. The SMILES string of the molecule is CCC(C)Nc1nc(Cl)nc(N(C)N)n1. The summed E-state index contributed by atoms with van der Waals surface area (Å²) in [5.41, 5.74) is 0. The third-order valence-corrected chi connectivity index (χ3v) is 2.07. The van der Waals surface area contributed by atoms with Gasteiger partial charge in [0.25, 0.3) is 0 Å². The lowest BCUT2D eigenvalue weighted by Crippen LogP contribution is -2.28. The fourth-order valence-electron chi connectivity index (χ4n) is 0.884. The molecule has 0 aliphatic carbocycles. The van der Waals surface area contributed by atoms with E-state index in [0.717, 1.165) is 6.42 Å². The van der Waals surface area contributed by atoms with E-state index in [1.165, 1.54) is 5.01 Å². The van der Waals surface area contributed by atoms with Crippen LogP contribution in [0.2, 0.25) is 5.28 Å². The summed E-state index contributed by atoms with van der Waals surface area (Å²) in [4.78, 5) is 11.9. The highest BCUT2D eigenvalue weighted by atomic mass is 35.5. The summed E-state index contributed by atoms with van der Waals surface area (Å²) >= 11 is 5.74. The Morgan fingerprint density at radius 3 is 2.67 bits per heavy atom. The first kappa shape index (κ1) is 11.9. The Hall–Kier alpha value is -1.14. The quantitative estimate of drug-likeness (QED) is 0.595. The van der Waals surface area contributed by atoms with Crippen LogP contribution in [0.4, 0.5) is 11.9 Å². The minimum absolute atomic E-state index is 0.128. The number of nitrogens with zero attached hydrogens (tertiary/aromatic N) is 4. The molecule has 1 rings (SSSR count). The van der Waals surface area contributed by atoms with Crippen molar-refractivity contribution in [1.29, 1.82) is 0 Å². The van der Waals surface area contributed by atoms with Gasteiger partial charge < -0.3 is 5.32 Å². The molecular weight excluding hydrogens is 216 g/mol. The van der Waals surface area contributed by atoms with Crippen molar-refractivity contribution >= 4 is 23.5 Å². The average molecular weight is 231 g/mol. The molecule has 1 atom stereocenters. The molecule has 0 saturated heterocycles. The molecule has 3 N–H and O–H groups in total. The molecule has 0 bridgehead atoms. The van der Waals surface area contributed by atoms with E-state index in [9.17, 15) is 0 Å². The zero-order valence-electron chi connectivity index (χ0n) is 9.03. The highest BCUT2D eigenvalue weighted by molar-refractivity contribution is 6.28. The highest BCUT2D eigenvalue weighted by Crippen LogP contribution is 2.11. The van der Waals surface area contributed by atoms with Crippen molar-refractivity contribution in [2.45, 2.75) is 26.3 Å². The standard InChI is InChI=1S/C8H15ClN6/c1-4-5(2)11-7-12-6(9)13-8(14-7)15(3)10/h5H,4,10H2,1-3H3,(H,11,12,13,14). The molecule has 1 heterocycles. The zero-order valence-corrected chi connectivity index (χ0v) is 9.78. The molecule has 0 saturated carbocycles. The lowest BCUT2D eigenvalue weighted by atomic mass is 10.3. The Morgan fingerprint density at radius 1 is 1.47 bits per heavy atom. The molecule has 1 aromatic rings. The molecule has 0 aliphatic heterocycles. The van der Waals surface area contributed by atoms with Crippen LogP contribution in [0.25, 0.3) is 0 Å². The highest BCUT2D eigenvalue weighted by Gasteiger charge is 2.08. The van der Waals surface area contributed by atoms with Crippen molar-refractivity contribution in [3.05, 3.63) is 5.28 Å². The van der Waals surface area contributed by atoms with Gasteiger partial charge in [-0.3, -0.25) is 5.01 Å². The van der Waals surface area contributed by atoms with E-state index < -0.39 is 0 Å². The minimum Gasteiger partial charge on any atom is -0.352 e. The second kappa shape index (κ2) is 5.09. The Morgan fingerprint density at radius 2 is 2.13 bits per heavy atom. The smallest absolute Gasteiger partial charge is 0.245 e. The molecule has 1 aromatic heterocycles. The molecule has 0 aromatic carbocycles. The van der Waals surface area contributed by atoms with Gasteiger partial charge in [-0.15, -0.1) is 0 Å². The van der Waals surface area contributed by atoms with Crippen molar-refractivity contribution in [2.75, 3.05) is 17.4 Å². The predicted octanol–water partition coefficient (Wildman–Crippen LogP) is 1.05. The lowest BCUT2D eigenvalue weighted by Gasteiger charge is -2.14. The lowest BCUT2D eigenvalue weighted by molar-refractivity contribution is 0.748. The number of nitrogens with one attached hydrogen (secondary N) is 1. The number of hydrogen-bond acceptors (Lipinski definition) is 6. The molecule has 6 nitrogen and oxygen atoms in total. The van der Waals surface area contributed by atoms with Crippen molar-refractivity contribution in [1.82, 2.24) is 15.0 Å². The van der Waals surface area contributed by atoms with E-state index >= 15 is 0 Å². The molecule has 0 aliphatic rings. The fourth-order valence-corrected chi connectivity index (χ4v) is 1.04. The Kier molecular flexibility index (Phi) is 4.05. The molecular formula is C8H15ClN6. The molecule has 7 heteroatoms. The summed E-state index contributed by atoms with van der Waals surface area (Å²) in [6.07, 6.45) is 0.969. The first-order chi connectivity index (χ1) is 7.02. The predicted molar refractivity (Wildman–Crippen MR) is 60.8 cm³/mol. The third-order valence-electron chi connectivity index (χ3n) is 1.90. The van der Waals surface area contributed by atoms with Crippen LogP contribution in [0.15, 0.2) is 0 Å². The van der Waals surface area contributed by atoms with Crippen molar-refractivity contribution < 1.29 is 0 Å². The van der Waals surface area contributed by atoms with Gasteiger partial charge in [-0.1, -0.05) is 6.92 Å². The van der Waals surface area contributed by atoms with Gasteiger partial charge in [-0.2, -0.15) is 15.0 Å². The topological polar surface area (TPSA) is 80.0 Å². The molecule has 0 amide bonds. The third kappa shape index (κ3) is 3.49. The van der Waals surface area contributed by atoms with Gasteiger partial charge in [0.05, 0.1) is 0 Å². The Bertz CT molecular complexity index is 329. The molecule has 0 spiro atoms.